The van der Waals surface area contributed by atoms with Crippen molar-refractivity contribution in [3.8, 4) is 0 Å². The molecule has 0 saturated carbocycles. The molecule has 6 heteroatoms. The van der Waals surface area contributed by atoms with Crippen LogP contribution in [-0.2, 0) is 0 Å². The largest absolute Gasteiger partial charge is 0.351 e. The van der Waals surface area contributed by atoms with E-state index in [0.29, 0.717) is 0 Å². The van der Waals surface area contributed by atoms with Gasteiger partial charge in [-0.25, -0.2) is 0 Å². The van der Waals surface area contributed by atoms with Gasteiger partial charge in [0.15, 0.2) is 5.11 Å². The Labute approximate surface area is 164 Å². The molecule has 1 saturated heterocycles. The van der Waals surface area contributed by atoms with Crippen LogP contribution in [0.4, 0.5) is 5.69 Å². The topological polar surface area (TPSA) is 28.2 Å². The van der Waals surface area contributed by atoms with Crippen LogP contribution in [0.2, 0.25) is 0 Å². The summed E-state index contributed by atoms with van der Waals surface area (Å²) in [6, 6.07) is 16.6. The van der Waals surface area contributed by atoms with Gasteiger partial charge in [0.1, 0.15) is 0 Å². The van der Waals surface area contributed by atoms with E-state index >= 15 is 0 Å². The number of hydrogen-bond acceptors (Lipinski definition) is 3. The molecule has 3 heterocycles. The van der Waals surface area contributed by atoms with Crippen LogP contribution >= 0.6 is 39.5 Å². The molecule has 25 heavy (non-hydrogen) atoms. The van der Waals surface area contributed by atoms with Crippen molar-refractivity contribution in [1.82, 2.24) is 10.3 Å². The van der Waals surface area contributed by atoms with Crippen LogP contribution < -0.4 is 10.2 Å². The van der Waals surface area contributed by atoms with Gasteiger partial charge in [-0.1, -0.05) is 22.0 Å². The number of aromatic nitrogens is 1. The first-order valence-corrected chi connectivity index (χ1v) is 10.0. The molecule has 2 aromatic heterocycles. The highest BCUT2D eigenvalue weighted by Gasteiger charge is 2.41. The quantitative estimate of drug-likeness (QED) is 0.564. The normalized spacial score (nSPS) is 19.9. The molecule has 2 atom stereocenters. The number of halogens is 1. The average Bonchev–Trinajstić information content (AvgIpc) is 3.19. The second-order valence-corrected chi connectivity index (χ2v) is 8.19. The lowest BCUT2D eigenvalue weighted by Gasteiger charge is -2.27. The van der Waals surface area contributed by atoms with E-state index in [4.69, 9.17) is 12.2 Å². The molecule has 1 aromatic carbocycles. The van der Waals surface area contributed by atoms with Gasteiger partial charge in [0.25, 0.3) is 0 Å². The molecular weight excluding hydrogens is 414 g/mol. The van der Waals surface area contributed by atoms with Gasteiger partial charge in [0.2, 0.25) is 0 Å². The first-order valence-electron chi connectivity index (χ1n) is 7.95. The number of hydrogen-bond donors (Lipinski definition) is 1. The number of aryl methyl sites for hydroxylation is 1. The minimum atomic E-state index is 0.0229. The van der Waals surface area contributed by atoms with E-state index in [9.17, 15) is 0 Å². The Hall–Kier alpha value is -1.76. The molecule has 3 nitrogen and oxygen atoms in total. The lowest BCUT2D eigenvalue weighted by molar-refractivity contribution is 0.573. The van der Waals surface area contributed by atoms with E-state index < -0.39 is 0 Å². The molecule has 0 bridgehead atoms. The fraction of sp³-hybridized carbons (Fsp3) is 0.158. The third kappa shape index (κ3) is 3.10. The van der Waals surface area contributed by atoms with Crippen LogP contribution in [0.1, 0.15) is 28.2 Å². The molecule has 1 fully saturated rings. The molecule has 0 amide bonds. The predicted octanol–water partition coefficient (Wildman–Crippen LogP) is 5.39. The highest BCUT2D eigenvalue weighted by atomic mass is 79.9. The summed E-state index contributed by atoms with van der Waals surface area (Å²) in [6.07, 6.45) is 1.83. The SMILES string of the molecule is Cc1ccsc1[C@H]1[C@H](c2ccccn2)NC(=S)N1c1ccc(Br)cc1. The van der Waals surface area contributed by atoms with Crippen LogP contribution in [0.3, 0.4) is 0 Å². The summed E-state index contributed by atoms with van der Waals surface area (Å²) >= 11 is 11.0. The highest BCUT2D eigenvalue weighted by Crippen LogP contribution is 2.44. The van der Waals surface area contributed by atoms with Crippen LogP contribution in [-0.4, -0.2) is 10.1 Å². The van der Waals surface area contributed by atoms with Crippen LogP contribution in [0.5, 0.6) is 0 Å². The van der Waals surface area contributed by atoms with E-state index in [1.165, 1.54) is 10.4 Å². The number of benzene rings is 1. The summed E-state index contributed by atoms with van der Waals surface area (Å²) in [6.45, 7) is 2.16. The maximum atomic E-state index is 5.71. The zero-order chi connectivity index (χ0) is 17.4. The van der Waals surface area contributed by atoms with Crippen molar-refractivity contribution in [2.45, 2.75) is 19.0 Å². The highest BCUT2D eigenvalue weighted by molar-refractivity contribution is 9.10. The van der Waals surface area contributed by atoms with Crippen molar-refractivity contribution in [1.29, 1.82) is 0 Å². The van der Waals surface area contributed by atoms with Gasteiger partial charge >= 0.3 is 0 Å². The second kappa shape index (κ2) is 6.86. The van der Waals surface area contributed by atoms with Gasteiger partial charge < -0.3 is 10.2 Å². The number of pyridine rings is 1. The predicted molar refractivity (Wildman–Crippen MR) is 111 cm³/mol. The molecule has 3 aromatic rings. The van der Waals surface area contributed by atoms with Gasteiger partial charge in [-0.05, 0) is 72.5 Å². The number of nitrogens with one attached hydrogen (secondary N) is 1. The van der Waals surface area contributed by atoms with Gasteiger partial charge in [-0.15, -0.1) is 11.3 Å². The van der Waals surface area contributed by atoms with Crippen molar-refractivity contribution < 1.29 is 0 Å². The summed E-state index contributed by atoms with van der Waals surface area (Å²) in [7, 11) is 0. The summed E-state index contributed by atoms with van der Waals surface area (Å²) in [5.41, 5.74) is 3.36. The number of thiocarbonyl (C=S) groups is 1. The zero-order valence-corrected chi connectivity index (χ0v) is 16.7. The summed E-state index contributed by atoms with van der Waals surface area (Å²) in [5, 5.41) is 6.36. The van der Waals surface area contributed by atoms with E-state index in [1.54, 1.807) is 11.3 Å². The first-order chi connectivity index (χ1) is 12.1. The van der Waals surface area contributed by atoms with E-state index in [1.807, 2.05) is 30.5 Å². The van der Waals surface area contributed by atoms with Crippen molar-refractivity contribution in [3.63, 3.8) is 0 Å². The Balaban J connectivity index is 1.83. The van der Waals surface area contributed by atoms with Crippen LogP contribution in [0, 0.1) is 6.92 Å². The Kier molecular flexibility index (Phi) is 4.58. The molecule has 0 radical (unpaired) electrons. The first kappa shape index (κ1) is 16.7. The number of nitrogens with zero attached hydrogens (tertiary/aromatic N) is 2. The molecule has 1 N–H and O–H groups in total. The molecular formula is C19H16BrN3S2. The van der Waals surface area contributed by atoms with Crippen molar-refractivity contribution in [3.05, 3.63) is 80.7 Å². The van der Waals surface area contributed by atoms with E-state index in [-0.39, 0.29) is 12.1 Å². The molecule has 0 unspecified atom stereocenters. The Bertz CT molecular complexity index is 893. The number of rotatable bonds is 3. The molecule has 4 rings (SSSR count). The Morgan fingerprint density at radius 3 is 2.60 bits per heavy atom. The Morgan fingerprint density at radius 1 is 1.16 bits per heavy atom. The van der Waals surface area contributed by atoms with Crippen molar-refractivity contribution in [2.75, 3.05) is 4.90 Å². The summed E-state index contributed by atoms with van der Waals surface area (Å²) < 4.78 is 1.06. The molecule has 1 aliphatic rings. The minimum Gasteiger partial charge on any atom is -0.351 e. The fourth-order valence-electron chi connectivity index (χ4n) is 3.19. The van der Waals surface area contributed by atoms with Gasteiger partial charge in [0.05, 0.1) is 17.8 Å². The smallest absolute Gasteiger partial charge is 0.174 e. The molecule has 1 aliphatic heterocycles. The lowest BCUT2D eigenvalue weighted by Crippen LogP contribution is -2.29. The second-order valence-electron chi connectivity index (χ2n) is 5.94. The van der Waals surface area contributed by atoms with Gasteiger partial charge in [0, 0.05) is 21.2 Å². The Morgan fingerprint density at radius 2 is 1.96 bits per heavy atom. The maximum Gasteiger partial charge on any atom is 0.174 e. The van der Waals surface area contributed by atoms with Crippen molar-refractivity contribution in [2.24, 2.45) is 0 Å². The lowest BCUT2D eigenvalue weighted by atomic mass is 10.0. The third-order valence-corrected chi connectivity index (χ3v) is 6.31. The van der Waals surface area contributed by atoms with E-state index in [2.05, 4.69) is 67.7 Å². The molecule has 0 aliphatic carbocycles. The van der Waals surface area contributed by atoms with Crippen LogP contribution in [0.25, 0.3) is 0 Å². The average molecular weight is 430 g/mol. The molecule has 0 spiro atoms. The van der Waals surface area contributed by atoms with Gasteiger partial charge in [-0.3, -0.25) is 4.98 Å². The minimum absolute atomic E-state index is 0.0229. The van der Waals surface area contributed by atoms with Gasteiger partial charge in [-0.2, -0.15) is 0 Å². The summed E-state index contributed by atoms with van der Waals surface area (Å²) in [4.78, 5) is 8.09. The van der Waals surface area contributed by atoms with Crippen molar-refractivity contribution >= 4 is 50.3 Å². The fourth-order valence-corrected chi connectivity index (χ4v) is 4.85. The van der Waals surface area contributed by atoms with E-state index in [0.717, 1.165) is 21.0 Å². The third-order valence-electron chi connectivity index (χ3n) is 4.37. The zero-order valence-electron chi connectivity index (χ0n) is 13.5. The number of thiophene rings is 1. The maximum absolute atomic E-state index is 5.71. The molecule has 126 valence electrons. The standard InChI is InChI=1S/C19H16BrN3S2/c1-12-9-11-25-18(12)17-16(15-4-2-3-10-21-15)22-19(24)23(17)14-7-5-13(20)6-8-14/h2-11,16-17H,1H3,(H,22,24)/t16-,17+/m0/s1. The monoisotopic (exact) mass is 429 g/mol. The van der Waals surface area contributed by atoms with Crippen LogP contribution in [0.15, 0.2) is 64.6 Å². The summed E-state index contributed by atoms with van der Waals surface area (Å²) in [5.74, 6) is 0. The number of anilines is 1.